The lowest BCUT2D eigenvalue weighted by molar-refractivity contribution is -0.484. The highest BCUT2D eigenvalue weighted by Gasteiger charge is 2.55. The largest absolute Gasteiger partial charge is 0.490 e. The molecule has 1 aliphatic rings. The van der Waals surface area contributed by atoms with Crippen molar-refractivity contribution >= 4 is 29.5 Å². The van der Waals surface area contributed by atoms with Crippen molar-refractivity contribution in [3.05, 3.63) is 37.3 Å². The first kappa shape index (κ1) is 27.0. The van der Waals surface area contributed by atoms with Crippen LogP contribution in [-0.2, 0) is 29.5 Å². The van der Waals surface area contributed by atoms with E-state index < -0.39 is 90.6 Å². The topological polar surface area (TPSA) is 146 Å². The summed E-state index contributed by atoms with van der Waals surface area (Å²) in [6.45, 7) is -2.29. The Hall–Kier alpha value is -2.03. The maximum absolute atomic E-state index is 12.9. The molecular formula is C10H5F9NO8S3-. The van der Waals surface area contributed by atoms with Gasteiger partial charge in [0.1, 0.15) is 0 Å². The molecule has 180 valence electrons. The van der Waals surface area contributed by atoms with Crippen molar-refractivity contribution < 1.29 is 69.7 Å². The van der Waals surface area contributed by atoms with Gasteiger partial charge in [0.15, 0.2) is 6.54 Å². The molecule has 0 spiro atoms. The van der Waals surface area contributed by atoms with Gasteiger partial charge in [0.2, 0.25) is 29.5 Å². The molecule has 0 aromatic carbocycles. The van der Waals surface area contributed by atoms with Crippen LogP contribution in [0.4, 0.5) is 39.5 Å². The van der Waals surface area contributed by atoms with Crippen LogP contribution in [0.1, 0.15) is 0 Å². The predicted octanol–water partition coefficient (Wildman–Crippen LogP) is 2.00. The van der Waals surface area contributed by atoms with E-state index in [2.05, 4.69) is 0 Å². The SMILES string of the molecule is O=[N+]([O-])CC1C(S(=O)(=O)C(F)(F)F)=C[C-](S(=O)(=O)C(F)(F)F)C=C1S(=O)(=O)C(F)(F)F. The highest BCUT2D eigenvalue weighted by molar-refractivity contribution is 7.98. The van der Waals surface area contributed by atoms with Crippen LogP contribution in [-0.4, -0.2) is 53.2 Å². The van der Waals surface area contributed by atoms with Gasteiger partial charge in [0.25, 0.3) is 0 Å². The minimum atomic E-state index is -7.04. The summed E-state index contributed by atoms with van der Waals surface area (Å²) in [6.07, 6.45) is -1.84. The monoisotopic (exact) mass is 534 g/mol. The molecule has 0 saturated heterocycles. The minimum absolute atomic E-state index is 0.921. The van der Waals surface area contributed by atoms with Crippen molar-refractivity contribution in [1.29, 1.82) is 0 Å². The molecule has 21 heteroatoms. The molecule has 1 rings (SSSR count). The summed E-state index contributed by atoms with van der Waals surface area (Å²) in [5.41, 5.74) is -19.4. The van der Waals surface area contributed by atoms with Crippen LogP contribution < -0.4 is 0 Å². The third kappa shape index (κ3) is 4.76. The van der Waals surface area contributed by atoms with E-state index >= 15 is 0 Å². The van der Waals surface area contributed by atoms with Crippen molar-refractivity contribution in [3.63, 3.8) is 0 Å². The molecule has 31 heavy (non-hydrogen) atoms. The van der Waals surface area contributed by atoms with Crippen LogP contribution in [0, 0.1) is 21.3 Å². The third-order valence-corrected chi connectivity index (χ3v) is 8.16. The molecular weight excluding hydrogens is 529 g/mol. The van der Waals surface area contributed by atoms with Gasteiger partial charge in [0, 0.05) is 10.8 Å². The summed E-state index contributed by atoms with van der Waals surface area (Å²) in [4.78, 5) is 3.48. The molecule has 9 nitrogen and oxygen atoms in total. The summed E-state index contributed by atoms with van der Waals surface area (Å²) in [5, 5.41) is 8.02. The Morgan fingerprint density at radius 3 is 1.32 bits per heavy atom. The number of rotatable bonds is 5. The van der Waals surface area contributed by atoms with Crippen LogP contribution in [0.5, 0.6) is 0 Å². The second-order valence-electron chi connectivity index (χ2n) is 5.41. The maximum Gasteiger partial charge on any atom is 0.490 e. The van der Waals surface area contributed by atoms with Crippen molar-refractivity contribution in [1.82, 2.24) is 0 Å². The van der Waals surface area contributed by atoms with E-state index in [4.69, 9.17) is 0 Å². The molecule has 0 aromatic rings. The smallest absolute Gasteiger partial charge is 0.265 e. The van der Waals surface area contributed by atoms with Gasteiger partial charge in [-0.25, -0.2) is 25.3 Å². The van der Waals surface area contributed by atoms with E-state index in [9.17, 15) is 74.9 Å². The molecule has 0 N–H and O–H groups in total. The first-order valence-corrected chi connectivity index (χ1v) is 11.2. The van der Waals surface area contributed by atoms with Crippen molar-refractivity contribution in [2.24, 2.45) is 5.92 Å². The molecule has 0 aliphatic heterocycles. The molecule has 0 bridgehead atoms. The number of nitrogens with zero attached hydrogens (tertiary/aromatic N) is 1. The highest BCUT2D eigenvalue weighted by atomic mass is 32.2. The zero-order valence-electron chi connectivity index (χ0n) is 13.8. The van der Waals surface area contributed by atoms with Crippen LogP contribution in [0.25, 0.3) is 0 Å². The van der Waals surface area contributed by atoms with Gasteiger partial charge >= 0.3 is 16.5 Å². The zero-order valence-corrected chi connectivity index (χ0v) is 16.2. The van der Waals surface area contributed by atoms with Crippen molar-refractivity contribution in [2.45, 2.75) is 16.5 Å². The quantitative estimate of drug-likeness (QED) is 0.225. The standard InChI is InChI=1S/C10H5F9NO8S3/c11-8(12,13)29(23,24)4-1-6(30(25,26)9(14,15)16)5(3-20(21)22)7(2-4)31(27,28)10(17,18)19/h1-2,5H,3H2/q-1. The number of nitro groups is 1. The minimum Gasteiger partial charge on any atom is -0.265 e. The van der Waals surface area contributed by atoms with Gasteiger partial charge < -0.3 is 0 Å². The first-order chi connectivity index (χ1) is 13.4. The molecule has 1 aliphatic carbocycles. The predicted molar refractivity (Wildman–Crippen MR) is 79.7 cm³/mol. The van der Waals surface area contributed by atoms with Gasteiger partial charge in [-0.15, -0.1) is 12.2 Å². The average molecular weight is 534 g/mol. The molecule has 0 unspecified atom stereocenters. The zero-order chi connectivity index (χ0) is 25.0. The van der Waals surface area contributed by atoms with Gasteiger partial charge in [0.05, 0.1) is 0 Å². The lowest BCUT2D eigenvalue weighted by atomic mass is 10.0. The molecule has 0 atom stereocenters. The number of alkyl halides is 9. The molecule has 0 amide bonds. The van der Waals surface area contributed by atoms with Crippen molar-refractivity contribution in [2.75, 3.05) is 6.54 Å². The van der Waals surface area contributed by atoms with Crippen molar-refractivity contribution in [3.8, 4) is 0 Å². The van der Waals surface area contributed by atoms with E-state index in [1.807, 2.05) is 0 Å². The Kier molecular flexibility index (Phi) is 6.56. The lowest BCUT2D eigenvalue weighted by Gasteiger charge is -2.34. The Morgan fingerprint density at radius 1 is 0.774 bits per heavy atom. The summed E-state index contributed by atoms with van der Waals surface area (Å²) in [6, 6.07) is 0. The Labute approximate surface area is 166 Å². The number of hydrogen-bond acceptors (Lipinski definition) is 8. The Bertz CT molecular complexity index is 1080. The second kappa shape index (κ2) is 7.53. The number of halogens is 9. The van der Waals surface area contributed by atoms with E-state index in [1.54, 1.807) is 0 Å². The van der Waals surface area contributed by atoms with E-state index in [-0.39, 0.29) is 0 Å². The molecule has 0 radical (unpaired) electrons. The Balaban J connectivity index is 4.13. The summed E-state index contributed by atoms with van der Waals surface area (Å²) >= 11 is 0. The van der Waals surface area contributed by atoms with Gasteiger partial charge in [-0.2, -0.15) is 39.5 Å². The second-order valence-corrected chi connectivity index (χ2v) is 11.2. The van der Waals surface area contributed by atoms with Crippen LogP contribution in [0.15, 0.2) is 22.0 Å². The normalized spacial score (nSPS) is 17.9. The van der Waals surface area contributed by atoms with Crippen LogP contribution >= 0.6 is 0 Å². The fourth-order valence-corrected chi connectivity index (χ4v) is 5.38. The van der Waals surface area contributed by atoms with E-state index in [1.165, 1.54) is 0 Å². The van der Waals surface area contributed by atoms with Crippen LogP contribution in [0.2, 0.25) is 0 Å². The summed E-state index contributed by atoms with van der Waals surface area (Å²) in [5.74, 6) is -3.44. The first-order valence-electron chi connectivity index (χ1n) is 6.75. The van der Waals surface area contributed by atoms with E-state index in [0.717, 1.165) is 0 Å². The lowest BCUT2D eigenvalue weighted by Crippen LogP contribution is -2.39. The highest BCUT2D eigenvalue weighted by Crippen LogP contribution is 2.47. The fraction of sp³-hybridized carbons (Fsp3) is 0.500. The van der Waals surface area contributed by atoms with Crippen LogP contribution in [0.3, 0.4) is 0 Å². The fourth-order valence-electron chi connectivity index (χ4n) is 2.08. The average Bonchev–Trinajstić information content (AvgIpc) is 2.50. The number of sulfone groups is 3. The summed E-state index contributed by atoms with van der Waals surface area (Å²) in [7, 11) is -21.0. The molecule has 0 heterocycles. The van der Waals surface area contributed by atoms with Gasteiger partial charge in [-0.1, -0.05) is 0 Å². The maximum atomic E-state index is 12.9. The van der Waals surface area contributed by atoms with E-state index in [0.29, 0.717) is 0 Å². The molecule has 0 fully saturated rings. The number of hydrogen-bond donors (Lipinski definition) is 0. The van der Waals surface area contributed by atoms with Gasteiger partial charge in [-0.05, 0) is 15.1 Å². The van der Waals surface area contributed by atoms with Gasteiger partial charge in [-0.3, -0.25) is 10.1 Å². The Morgan fingerprint density at radius 2 is 1.10 bits per heavy atom. The molecule has 0 saturated carbocycles. The summed E-state index contributed by atoms with van der Waals surface area (Å²) < 4.78 is 185. The molecule has 0 aromatic heterocycles. The third-order valence-electron chi connectivity index (χ3n) is 3.43.